The fourth-order valence-corrected chi connectivity index (χ4v) is 2.99. The van der Waals surface area contributed by atoms with Gasteiger partial charge in [0.25, 0.3) is 5.89 Å². The number of benzene rings is 1. The maximum atomic E-state index is 13.6. The van der Waals surface area contributed by atoms with Gasteiger partial charge in [0.1, 0.15) is 5.82 Å². The second-order valence-electron chi connectivity index (χ2n) is 3.96. The molecule has 0 saturated carbocycles. The van der Waals surface area contributed by atoms with E-state index in [0.717, 1.165) is 4.88 Å². The Kier molecular flexibility index (Phi) is 3.70. The fourth-order valence-electron chi connectivity index (χ4n) is 1.59. The van der Waals surface area contributed by atoms with E-state index in [1.807, 2.05) is 17.5 Å². The number of halogens is 1. The average molecular weight is 307 g/mol. The number of aromatic nitrogens is 2. The minimum absolute atomic E-state index is 0.340. The van der Waals surface area contributed by atoms with Crippen molar-refractivity contribution in [2.75, 3.05) is 5.73 Å². The maximum absolute atomic E-state index is 13.6. The lowest BCUT2D eigenvalue weighted by Gasteiger charge is -2.01. The van der Waals surface area contributed by atoms with Gasteiger partial charge < -0.3 is 10.2 Å². The van der Waals surface area contributed by atoms with E-state index in [-0.39, 0.29) is 5.82 Å². The van der Waals surface area contributed by atoms with Crippen LogP contribution < -0.4 is 5.73 Å². The summed E-state index contributed by atoms with van der Waals surface area (Å²) in [5, 5.41) is 9.87. The number of nitrogens with zero attached hydrogens (tertiary/aromatic N) is 2. The number of hydrogen-bond donors (Lipinski definition) is 1. The van der Waals surface area contributed by atoms with Gasteiger partial charge in [-0.3, -0.25) is 0 Å². The van der Waals surface area contributed by atoms with E-state index < -0.39 is 0 Å². The molecule has 0 aliphatic heterocycles. The van der Waals surface area contributed by atoms with Gasteiger partial charge in [0, 0.05) is 10.6 Å². The summed E-state index contributed by atoms with van der Waals surface area (Å²) in [4.78, 5) is 1.43. The Labute approximate surface area is 122 Å². The van der Waals surface area contributed by atoms with E-state index in [2.05, 4.69) is 10.2 Å². The molecule has 7 heteroatoms. The van der Waals surface area contributed by atoms with Crippen molar-refractivity contribution in [3.05, 3.63) is 47.4 Å². The molecule has 4 nitrogen and oxygen atoms in total. The SMILES string of the molecule is Nc1ccc(SCc2nnc(-c3cccs3)o2)c(F)c1. The summed E-state index contributed by atoms with van der Waals surface area (Å²) in [7, 11) is 0. The van der Waals surface area contributed by atoms with E-state index in [9.17, 15) is 4.39 Å². The highest BCUT2D eigenvalue weighted by Crippen LogP contribution is 2.28. The molecule has 0 unspecified atom stereocenters. The second-order valence-corrected chi connectivity index (χ2v) is 5.92. The number of nitrogen functional groups attached to an aromatic ring is 1. The van der Waals surface area contributed by atoms with Crippen LogP contribution in [0.5, 0.6) is 0 Å². The smallest absolute Gasteiger partial charge is 0.257 e. The molecular weight excluding hydrogens is 297 g/mol. The van der Waals surface area contributed by atoms with Crippen LogP contribution in [0.4, 0.5) is 10.1 Å². The van der Waals surface area contributed by atoms with Crippen LogP contribution >= 0.6 is 23.1 Å². The van der Waals surface area contributed by atoms with Crippen LogP contribution in [0.15, 0.2) is 45.0 Å². The molecule has 0 amide bonds. The zero-order chi connectivity index (χ0) is 13.9. The van der Waals surface area contributed by atoms with Gasteiger partial charge in [-0.05, 0) is 29.6 Å². The number of nitrogens with two attached hydrogens (primary N) is 1. The van der Waals surface area contributed by atoms with Gasteiger partial charge >= 0.3 is 0 Å². The van der Waals surface area contributed by atoms with Gasteiger partial charge in [-0.15, -0.1) is 33.3 Å². The van der Waals surface area contributed by atoms with E-state index in [1.165, 1.54) is 29.2 Å². The normalized spacial score (nSPS) is 10.8. The first-order chi connectivity index (χ1) is 9.72. The molecule has 0 aliphatic carbocycles. The first-order valence-electron chi connectivity index (χ1n) is 5.76. The Balaban J connectivity index is 1.70. The Morgan fingerprint density at radius 1 is 1.30 bits per heavy atom. The first kappa shape index (κ1) is 13.1. The van der Waals surface area contributed by atoms with Crippen LogP contribution in [-0.2, 0) is 5.75 Å². The minimum atomic E-state index is -0.340. The number of anilines is 1. The summed E-state index contributed by atoms with van der Waals surface area (Å²) in [5.74, 6) is 1.04. The van der Waals surface area contributed by atoms with Gasteiger partial charge in [0.2, 0.25) is 5.89 Å². The van der Waals surface area contributed by atoms with Crippen LogP contribution in [0.3, 0.4) is 0 Å². The monoisotopic (exact) mass is 307 g/mol. The van der Waals surface area contributed by atoms with E-state index >= 15 is 0 Å². The van der Waals surface area contributed by atoms with Crippen molar-refractivity contribution in [2.24, 2.45) is 0 Å². The molecule has 2 heterocycles. The van der Waals surface area contributed by atoms with Gasteiger partial charge in [0.15, 0.2) is 0 Å². The van der Waals surface area contributed by atoms with E-state index in [4.69, 9.17) is 10.2 Å². The molecule has 3 rings (SSSR count). The molecule has 0 aliphatic rings. The van der Waals surface area contributed by atoms with Crippen molar-refractivity contribution >= 4 is 28.8 Å². The summed E-state index contributed by atoms with van der Waals surface area (Å²) in [6.07, 6.45) is 0. The van der Waals surface area contributed by atoms with Crippen molar-refractivity contribution < 1.29 is 8.81 Å². The van der Waals surface area contributed by atoms with Gasteiger partial charge in [-0.1, -0.05) is 6.07 Å². The molecule has 2 N–H and O–H groups in total. The predicted molar refractivity (Wildman–Crippen MR) is 78.0 cm³/mol. The number of thiophene rings is 1. The summed E-state index contributed by atoms with van der Waals surface area (Å²) >= 11 is 2.83. The van der Waals surface area contributed by atoms with Crippen molar-refractivity contribution in [1.29, 1.82) is 0 Å². The quantitative estimate of drug-likeness (QED) is 0.586. The first-order valence-corrected chi connectivity index (χ1v) is 7.63. The number of hydrogen-bond acceptors (Lipinski definition) is 6. The number of thioether (sulfide) groups is 1. The Hall–Kier alpha value is -1.86. The highest BCUT2D eigenvalue weighted by Gasteiger charge is 2.11. The minimum Gasteiger partial charge on any atom is -0.419 e. The molecule has 3 aromatic rings. The lowest BCUT2D eigenvalue weighted by molar-refractivity contribution is 0.529. The van der Waals surface area contributed by atoms with Gasteiger partial charge in [-0.25, -0.2) is 4.39 Å². The van der Waals surface area contributed by atoms with Crippen LogP contribution in [-0.4, -0.2) is 10.2 Å². The predicted octanol–water partition coefficient (Wildman–Crippen LogP) is 3.81. The number of rotatable bonds is 4. The molecule has 102 valence electrons. The molecule has 0 radical (unpaired) electrons. The summed E-state index contributed by atoms with van der Waals surface area (Å²) in [5.41, 5.74) is 5.91. The maximum Gasteiger partial charge on any atom is 0.257 e. The summed E-state index contributed by atoms with van der Waals surface area (Å²) < 4.78 is 19.1. The molecule has 0 fully saturated rings. The van der Waals surface area contributed by atoms with Crippen LogP contribution in [0.2, 0.25) is 0 Å². The Morgan fingerprint density at radius 2 is 2.20 bits per heavy atom. The van der Waals surface area contributed by atoms with Crippen molar-refractivity contribution in [1.82, 2.24) is 10.2 Å². The third-order valence-electron chi connectivity index (χ3n) is 2.51. The highest BCUT2D eigenvalue weighted by molar-refractivity contribution is 7.98. The van der Waals surface area contributed by atoms with Crippen LogP contribution in [0.1, 0.15) is 5.89 Å². The standard InChI is InChI=1S/C13H10FN3OS2/c14-9-6-8(15)3-4-10(9)20-7-12-16-17-13(18-12)11-2-1-5-19-11/h1-6H,7,15H2. The molecule has 20 heavy (non-hydrogen) atoms. The Morgan fingerprint density at radius 3 is 2.95 bits per heavy atom. The third-order valence-corrected chi connectivity index (χ3v) is 4.40. The molecule has 0 saturated heterocycles. The van der Waals surface area contributed by atoms with Crippen molar-refractivity contribution in [2.45, 2.75) is 10.6 Å². The van der Waals surface area contributed by atoms with E-state index in [0.29, 0.717) is 28.1 Å². The van der Waals surface area contributed by atoms with E-state index in [1.54, 1.807) is 12.1 Å². The second kappa shape index (κ2) is 5.64. The Bertz CT molecular complexity index is 712. The summed E-state index contributed by atoms with van der Waals surface area (Å²) in [6.45, 7) is 0. The molecule has 0 atom stereocenters. The topological polar surface area (TPSA) is 64.9 Å². The lowest BCUT2D eigenvalue weighted by Crippen LogP contribution is -1.88. The molecular formula is C13H10FN3OS2. The lowest BCUT2D eigenvalue weighted by atomic mass is 10.3. The molecule has 0 bridgehead atoms. The van der Waals surface area contributed by atoms with Crippen LogP contribution in [0, 0.1) is 5.82 Å². The van der Waals surface area contributed by atoms with Gasteiger partial charge in [-0.2, -0.15) is 0 Å². The molecule has 1 aromatic carbocycles. The third kappa shape index (κ3) is 2.83. The zero-order valence-corrected chi connectivity index (χ0v) is 11.9. The van der Waals surface area contributed by atoms with Crippen LogP contribution in [0.25, 0.3) is 10.8 Å². The molecule has 2 aromatic heterocycles. The largest absolute Gasteiger partial charge is 0.419 e. The summed E-state index contributed by atoms with van der Waals surface area (Å²) in [6, 6.07) is 8.44. The average Bonchev–Trinajstić information content (AvgIpc) is 3.08. The van der Waals surface area contributed by atoms with Crippen molar-refractivity contribution in [3.63, 3.8) is 0 Å². The molecule has 0 spiro atoms. The van der Waals surface area contributed by atoms with Gasteiger partial charge in [0.05, 0.1) is 10.6 Å². The zero-order valence-electron chi connectivity index (χ0n) is 10.2. The fraction of sp³-hybridized carbons (Fsp3) is 0.0769. The highest BCUT2D eigenvalue weighted by atomic mass is 32.2. The van der Waals surface area contributed by atoms with Crippen molar-refractivity contribution in [3.8, 4) is 10.8 Å².